The van der Waals surface area contributed by atoms with E-state index in [1.807, 2.05) is 0 Å². The second kappa shape index (κ2) is 18.8. The molecule has 0 saturated carbocycles. The first kappa shape index (κ1) is 48.5. The minimum Gasteiger partial charge on any atom is -0.399 e. The van der Waals surface area contributed by atoms with Gasteiger partial charge in [-0.1, -0.05) is 12.1 Å². The largest absolute Gasteiger partial charge is 0.399 e. The van der Waals surface area contributed by atoms with E-state index in [9.17, 15) is 58.1 Å². The average Bonchev–Trinajstić information content (AvgIpc) is 3.30. The molecule has 71 heavy (non-hydrogen) atoms. The normalized spacial score (nSPS) is 18.1. The molecule has 24 nitrogen and oxygen atoms in total. The van der Waals surface area contributed by atoms with Crippen LogP contribution in [0.1, 0.15) is 31.8 Å². The number of anilines is 6. The molecule has 0 bridgehead atoms. The molecule has 0 amide bonds. The molecule has 8 rings (SSSR count). The first-order valence-corrected chi connectivity index (χ1v) is 24.3. The number of carbonyl (C=O) groups is 4. The lowest BCUT2D eigenvalue weighted by Gasteiger charge is -2.17. The number of allylic oxidation sites excluding steroid dienone is 8. The predicted molar refractivity (Wildman–Crippen MR) is 264 cm³/mol. The van der Waals surface area contributed by atoms with Gasteiger partial charge in [0.05, 0.1) is 28.4 Å². The van der Waals surface area contributed by atoms with Crippen LogP contribution >= 0.6 is 0 Å². The van der Waals surface area contributed by atoms with Crippen LogP contribution in [-0.4, -0.2) is 84.9 Å². The van der Waals surface area contributed by atoms with E-state index in [0.717, 1.165) is 24.3 Å². The van der Waals surface area contributed by atoms with E-state index in [1.54, 1.807) is 0 Å². The van der Waals surface area contributed by atoms with Crippen LogP contribution < -0.4 is 38.5 Å². The van der Waals surface area contributed by atoms with E-state index in [4.69, 9.17) is 11.5 Å². The number of fused-ring (bicyclic) bond motifs is 2. The molecule has 4 aromatic rings. The van der Waals surface area contributed by atoms with E-state index >= 15 is 0 Å². The standard InChI is InChI=1S/C44H33N11O13S3/c45-24-3-12-33(36(56)17-24)52-49-28-5-1-22-15-39(70(63,64)65)41(43(58)31(22)19-28)54-48-27-9-7-26(8-10-27)47-35-14-11-30(21-38(35)69(60,61)62)51-55-42-40(71(66,67)68)16-23-2-6-29(20-32(23)44(42)59)50-53-34-13-4-25(46)18-37(34)57/h1-21,47-51H,45-46H2,(H,60,61,62)(H,63,64,65)(H,66,67,68)/b52-33+,53-34-,54-41+,55-42+. The summed E-state index contributed by atoms with van der Waals surface area (Å²) in [4.78, 5) is 49.4. The minimum atomic E-state index is -5.07. The van der Waals surface area contributed by atoms with Gasteiger partial charge >= 0.3 is 0 Å². The summed E-state index contributed by atoms with van der Waals surface area (Å²) in [6.45, 7) is 0. The SMILES string of the molecule is NC1=CC(=O)/C(=N\Nc2ccc3c(c2)C(=O)/C(=N/Nc2ccc(Nc4ccc(N/N=C5/C(=O)c6cc(N/N=C7\C=CC(N)=CC7=O)ccc6C=C5S(=O)(=O)O)cc4)c(S(=O)(=O)O)c2)C(S(=O)(=O)O)=C3)C=C1. The number of hydrazone groups is 4. The van der Waals surface area contributed by atoms with Crippen LogP contribution in [0.25, 0.3) is 12.2 Å². The van der Waals surface area contributed by atoms with Gasteiger partial charge in [-0.05, 0) is 114 Å². The highest BCUT2D eigenvalue weighted by Gasteiger charge is 2.35. The number of nitrogens with zero attached hydrogens (tertiary/aromatic N) is 4. The average molecular weight is 1020 g/mol. The zero-order valence-corrected chi connectivity index (χ0v) is 38.2. The molecule has 27 heteroatoms. The lowest BCUT2D eigenvalue weighted by Crippen LogP contribution is -2.27. The first-order valence-electron chi connectivity index (χ1n) is 20.0. The van der Waals surface area contributed by atoms with Gasteiger partial charge in [0, 0.05) is 40.4 Å². The van der Waals surface area contributed by atoms with Crippen molar-refractivity contribution < 1.29 is 58.1 Å². The van der Waals surface area contributed by atoms with E-state index in [1.165, 1.54) is 103 Å². The van der Waals surface area contributed by atoms with Gasteiger partial charge in [-0.15, -0.1) is 0 Å². The molecule has 4 aromatic carbocycles. The van der Waals surface area contributed by atoms with Gasteiger partial charge in [0.2, 0.25) is 23.1 Å². The Morgan fingerprint density at radius 2 is 0.831 bits per heavy atom. The van der Waals surface area contributed by atoms with E-state index in [-0.39, 0.29) is 79.2 Å². The lowest BCUT2D eigenvalue weighted by atomic mass is 9.94. The van der Waals surface area contributed by atoms with Gasteiger partial charge in [-0.3, -0.25) is 54.5 Å². The van der Waals surface area contributed by atoms with Gasteiger partial charge in [-0.2, -0.15) is 45.7 Å². The van der Waals surface area contributed by atoms with Crippen LogP contribution in [0.15, 0.2) is 162 Å². The van der Waals surface area contributed by atoms with Crippen molar-refractivity contribution in [2.24, 2.45) is 31.9 Å². The fourth-order valence-corrected chi connectivity index (χ4v) is 8.82. The van der Waals surface area contributed by atoms with Gasteiger partial charge in [0.15, 0.2) is 11.4 Å². The predicted octanol–water partition coefficient (Wildman–Crippen LogP) is 3.96. The van der Waals surface area contributed by atoms with Gasteiger partial charge < -0.3 is 16.8 Å². The number of benzene rings is 4. The van der Waals surface area contributed by atoms with Crippen molar-refractivity contribution in [2.45, 2.75) is 4.90 Å². The number of ketones is 4. The van der Waals surface area contributed by atoms with Crippen LogP contribution in [0.4, 0.5) is 34.1 Å². The summed E-state index contributed by atoms with van der Waals surface area (Å²) in [5.41, 5.74) is 21.1. The highest BCUT2D eigenvalue weighted by molar-refractivity contribution is 7.91. The number of hydrogen-bond acceptors (Lipinski definition) is 21. The Morgan fingerprint density at radius 3 is 1.27 bits per heavy atom. The summed E-state index contributed by atoms with van der Waals surface area (Å²) < 4.78 is 105. The third-order valence-electron chi connectivity index (χ3n) is 10.2. The molecule has 0 spiro atoms. The first-order chi connectivity index (χ1) is 33.5. The van der Waals surface area contributed by atoms with Crippen molar-refractivity contribution in [1.29, 1.82) is 0 Å². The van der Waals surface area contributed by atoms with E-state index < -0.39 is 79.6 Å². The maximum absolute atomic E-state index is 13.7. The molecule has 0 radical (unpaired) electrons. The Morgan fingerprint density at radius 1 is 0.437 bits per heavy atom. The van der Waals surface area contributed by atoms with Gasteiger partial charge in [0.1, 0.15) is 26.1 Å². The molecule has 360 valence electrons. The van der Waals surface area contributed by atoms with Crippen LogP contribution in [-0.2, 0) is 39.9 Å². The van der Waals surface area contributed by atoms with E-state index in [2.05, 4.69) is 47.4 Å². The van der Waals surface area contributed by atoms with Gasteiger partial charge in [-0.25, -0.2) is 0 Å². The van der Waals surface area contributed by atoms with E-state index in [0.29, 0.717) is 0 Å². The third-order valence-corrected chi connectivity index (χ3v) is 12.8. The van der Waals surface area contributed by atoms with Crippen molar-refractivity contribution in [2.75, 3.05) is 27.0 Å². The molecule has 0 aliphatic heterocycles. The number of nitrogens with two attached hydrogens (primary N) is 2. The second-order valence-corrected chi connectivity index (χ2v) is 19.3. The third kappa shape index (κ3) is 10.8. The summed E-state index contributed by atoms with van der Waals surface area (Å²) in [6.07, 6.45) is 10.1. The fraction of sp³-hybridized carbons (Fsp3) is 0. The monoisotopic (exact) mass is 1020 g/mol. The Labute approximate surface area is 401 Å². The molecule has 0 saturated heterocycles. The Balaban J connectivity index is 0.986. The Bertz CT molecular complexity index is 3740. The summed E-state index contributed by atoms with van der Waals surface area (Å²) in [6, 6.07) is 17.2. The van der Waals surface area contributed by atoms with Crippen molar-refractivity contribution in [1.82, 2.24) is 0 Å². The number of Topliss-reactive ketones (excluding diaryl/α,β-unsaturated/α-hetero) is 2. The van der Waals surface area contributed by atoms with Crippen molar-refractivity contribution in [3.05, 3.63) is 159 Å². The van der Waals surface area contributed by atoms with Crippen molar-refractivity contribution in [3.8, 4) is 0 Å². The fourth-order valence-electron chi connectivity index (χ4n) is 6.83. The molecular formula is C44H33N11O13S3. The Kier molecular flexibility index (Phi) is 12.9. The number of nitrogens with one attached hydrogen (secondary N) is 5. The summed E-state index contributed by atoms with van der Waals surface area (Å²) >= 11 is 0. The molecule has 0 unspecified atom stereocenters. The summed E-state index contributed by atoms with van der Waals surface area (Å²) in [5, 5.41) is 18.7. The van der Waals surface area contributed by atoms with Crippen LogP contribution in [0.2, 0.25) is 0 Å². The molecule has 0 heterocycles. The number of hydrogen-bond donors (Lipinski definition) is 10. The highest BCUT2D eigenvalue weighted by Crippen LogP contribution is 2.32. The quantitative estimate of drug-likeness (QED) is 0.0514. The molecular weight excluding hydrogens is 987 g/mol. The molecule has 0 fully saturated rings. The zero-order valence-electron chi connectivity index (χ0n) is 35.7. The summed E-state index contributed by atoms with van der Waals surface area (Å²) in [5.74, 6) is -2.84. The molecule has 0 atom stereocenters. The molecule has 0 aromatic heterocycles. The number of carbonyl (C=O) groups excluding carboxylic acids is 4. The van der Waals surface area contributed by atoms with Crippen LogP contribution in [0, 0.1) is 0 Å². The lowest BCUT2D eigenvalue weighted by molar-refractivity contribution is -0.109. The highest BCUT2D eigenvalue weighted by atomic mass is 32.2. The summed E-state index contributed by atoms with van der Waals surface area (Å²) in [7, 11) is -15.1. The molecule has 12 N–H and O–H groups in total. The smallest absolute Gasteiger partial charge is 0.296 e. The second-order valence-electron chi connectivity index (χ2n) is 15.2. The Hall–Kier alpha value is -8.99. The van der Waals surface area contributed by atoms with Crippen LogP contribution in [0.3, 0.4) is 0 Å². The molecule has 4 aliphatic carbocycles. The maximum atomic E-state index is 13.7. The van der Waals surface area contributed by atoms with Crippen molar-refractivity contribution in [3.63, 3.8) is 0 Å². The topological polar surface area (TPSA) is 393 Å². The number of rotatable bonds is 13. The van der Waals surface area contributed by atoms with Crippen molar-refractivity contribution >= 4 is 123 Å². The molecule has 4 aliphatic rings. The maximum Gasteiger partial charge on any atom is 0.296 e. The zero-order chi connectivity index (χ0) is 51.0. The van der Waals surface area contributed by atoms with Crippen LogP contribution in [0.5, 0.6) is 0 Å². The minimum absolute atomic E-state index is 0.00344. The van der Waals surface area contributed by atoms with Gasteiger partial charge in [0.25, 0.3) is 30.4 Å².